The first-order valence-electron chi connectivity index (χ1n) is 2.82. The highest BCUT2D eigenvalue weighted by atomic mass is 16.5. The predicted molar refractivity (Wildman–Crippen MR) is 37.3 cm³/mol. The van der Waals surface area contributed by atoms with Crippen molar-refractivity contribution in [3.05, 3.63) is 0 Å². The van der Waals surface area contributed by atoms with Crippen LogP contribution in [0.5, 0.6) is 0 Å². The first-order chi connectivity index (χ1) is 4.18. The molecule has 0 atom stereocenters. The minimum Gasteiger partial charge on any atom is -0.382 e. The third kappa shape index (κ3) is 37.1. The molecule has 0 saturated heterocycles. The van der Waals surface area contributed by atoms with E-state index in [1.807, 2.05) is 13.8 Å². The first kappa shape index (κ1) is 11.3. The van der Waals surface area contributed by atoms with Crippen molar-refractivity contribution in [2.45, 2.75) is 20.0 Å². The minimum absolute atomic E-state index is 0.384. The van der Waals surface area contributed by atoms with E-state index in [2.05, 4.69) is 5.32 Å². The molecule has 0 bridgehead atoms. The summed E-state index contributed by atoms with van der Waals surface area (Å²) in [6.07, 6.45) is 1.01. The van der Waals surface area contributed by atoms with E-state index >= 15 is 0 Å². The van der Waals surface area contributed by atoms with Crippen molar-refractivity contribution in [2.24, 2.45) is 0 Å². The third-order valence-electron chi connectivity index (χ3n) is 0.589. The largest absolute Gasteiger partial charge is 0.382 e. The number of hydrogen-bond acceptors (Lipinski definition) is 2. The van der Waals surface area contributed by atoms with Gasteiger partial charge in [-0.05, 0) is 13.8 Å². The number of rotatable bonds is 2. The molecule has 3 nitrogen and oxygen atoms in total. The molecule has 0 heterocycles. The number of ether oxygens (including phenoxy) is 1. The Morgan fingerprint density at radius 3 is 1.78 bits per heavy atom. The summed E-state index contributed by atoms with van der Waals surface area (Å²) in [4.78, 5) is 9.06. The van der Waals surface area contributed by atoms with E-state index in [4.69, 9.17) is 9.53 Å². The number of hydrogen-bond donors (Lipinski definition) is 1. The Labute approximate surface area is 56.4 Å². The number of nitrogens with one attached hydrogen (secondary N) is 1. The topological polar surface area (TPSA) is 38.3 Å². The number of carbonyl (C=O) groups excluding carboxylic acids is 1. The van der Waals surface area contributed by atoms with E-state index in [0.717, 1.165) is 0 Å². The highest BCUT2D eigenvalue weighted by Gasteiger charge is 1.78. The van der Waals surface area contributed by atoms with Crippen LogP contribution in [0.1, 0.15) is 13.8 Å². The van der Waals surface area contributed by atoms with Gasteiger partial charge in [0.15, 0.2) is 0 Å². The van der Waals surface area contributed by atoms with Gasteiger partial charge >= 0.3 is 0 Å². The second kappa shape index (κ2) is 10.4. The molecule has 0 fully saturated rings. The van der Waals surface area contributed by atoms with Gasteiger partial charge in [0.1, 0.15) is 0 Å². The van der Waals surface area contributed by atoms with Crippen LogP contribution < -0.4 is 5.32 Å². The fourth-order valence-electron chi connectivity index (χ4n) is 0. The lowest BCUT2D eigenvalue weighted by atomic mass is 10.5. The van der Waals surface area contributed by atoms with E-state index in [-0.39, 0.29) is 0 Å². The SMILES string of the molecule is CNC=O.COC(C)C. The Bertz CT molecular complexity index is 55.0. The first-order valence-corrected chi connectivity index (χ1v) is 2.82. The standard InChI is InChI=1S/C4H10O.C2H5NO/c1-4(2)5-3;1-3-2-4/h4H,1-3H3;2H,1H3,(H,3,4). The molecule has 0 radical (unpaired) electrons. The molecule has 0 unspecified atom stereocenters. The zero-order chi connectivity index (χ0) is 7.70. The summed E-state index contributed by atoms with van der Waals surface area (Å²) in [5.41, 5.74) is 0. The maximum absolute atomic E-state index is 9.06. The highest BCUT2D eigenvalue weighted by molar-refractivity contribution is 5.44. The van der Waals surface area contributed by atoms with Crippen LogP contribution in [0.3, 0.4) is 0 Å². The zero-order valence-electron chi connectivity index (χ0n) is 6.47. The summed E-state index contributed by atoms with van der Waals surface area (Å²) in [6, 6.07) is 0. The summed E-state index contributed by atoms with van der Waals surface area (Å²) in [5, 5.41) is 2.25. The summed E-state index contributed by atoms with van der Waals surface area (Å²) in [5.74, 6) is 0. The van der Waals surface area contributed by atoms with Crippen molar-refractivity contribution in [3.63, 3.8) is 0 Å². The number of carbonyl (C=O) groups is 1. The van der Waals surface area contributed by atoms with Crippen molar-refractivity contribution < 1.29 is 9.53 Å². The average Bonchev–Trinajstić information content (AvgIpc) is 1.89. The Kier molecular flexibility index (Phi) is 13.0. The molecule has 3 heteroatoms. The quantitative estimate of drug-likeness (QED) is 0.554. The van der Waals surface area contributed by atoms with Gasteiger partial charge in [-0.25, -0.2) is 0 Å². The molecule has 0 rings (SSSR count). The van der Waals surface area contributed by atoms with Gasteiger partial charge in [0.2, 0.25) is 6.41 Å². The second-order valence-electron chi connectivity index (χ2n) is 1.69. The van der Waals surface area contributed by atoms with Crippen molar-refractivity contribution >= 4 is 6.41 Å². The van der Waals surface area contributed by atoms with Crippen LogP contribution in [-0.4, -0.2) is 26.7 Å². The molecule has 56 valence electrons. The van der Waals surface area contributed by atoms with Crippen LogP contribution in [-0.2, 0) is 9.53 Å². The summed E-state index contributed by atoms with van der Waals surface area (Å²) in [6.45, 7) is 4.00. The Balaban J connectivity index is 0. The van der Waals surface area contributed by atoms with Gasteiger partial charge < -0.3 is 10.1 Å². The molecular weight excluding hydrogens is 118 g/mol. The van der Waals surface area contributed by atoms with E-state index < -0.39 is 0 Å². The van der Waals surface area contributed by atoms with Crippen molar-refractivity contribution in [1.29, 1.82) is 0 Å². The molecule has 0 aromatic carbocycles. The van der Waals surface area contributed by atoms with E-state index in [1.54, 1.807) is 14.2 Å². The number of methoxy groups -OCH3 is 1. The second-order valence-corrected chi connectivity index (χ2v) is 1.69. The van der Waals surface area contributed by atoms with Gasteiger partial charge in [0.05, 0.1) is 6.10 Å². The van der Waals surface area contributed by atoms with Crippen molar-refractivity contribution in [3.8, 4) is 0 Å². The number of amides is 1. The Morgan fingerprint density at radius 1 is 1.56 bits per heavy atom. The lowest BCUT2D eigenvalue weighted by Crippen LogP contribution is -1.98. The van der Waals surface area contributed by atoms with Crippen LogP contribution in [0, 0.1) is 0 Å². The van der Waals surface area contributed by atoms with E-state index in [1.165, 1.54) is 0 Å². The third-order valence-corrected chi connectivity index (χ3v) is 0.589. The monoisotopic (exact) mass is 133 g/mol. The van der Waals surface area contributed by atoms with E-state index in [0.29, 0.717) is 12.5 Å². The van der Waals surface area contributed by atoms with Gasteiger partial charge in [-0.15, -0.1) is 0 Å². The molecule has 0 aliphatic rings. The Morgan fingerprint density at radius 2 is 1.78 bits per heavy atom. The van der Waals surface area contributed by atoms with Crippen LogP contribution >= 0.6 is 0 Å². The maximum Gasteiger partial charge on any atom is 0.206 e. The molecule has 0 aliphatic heterocycles. The molecule has 0 spiro atoms. The van der Waals surface area contributed by atoms with Crippen molar-refractivity contribution in [1.82, 2.24) is 5.32 Å². The molecular formula is C6H15NO2. The smallest absolute Gasteiger partial charge is 0.206 e. The van der Waals surface area contributed by atoms with Gasteiger partial charge in [-0.2, -0.15) is 0 Å². The molecule has 0 aromatic rings. The lowest BCUT2D eigenvalue weighted by molar-refractivity contribution is -0.109. The fourth-order valence-corrected chi connectivity index (χ4v) is 0. The summed E-state index contributed by atoms with van der Waals surface area (Å²) in [7, 11) is 3.26. The van der Waals surface area contributed by atoms with Crippen LogP contribution in [0.25, 0.3) is 0 Å². The highest BCUT2D eigenvalue weighted by Crippen LogP contribution is 1.77. The van der Waals surface area contributed by atoms with Crippen molar-refractivity contribution in [2.75, 3.05) is 14.2 Å². The van der Waals surface area contributed by atoms with E-state index in [9.17, 15) is 0 Å². The van der Waals surface area contributed by atoms with Crippen LogP contribution in [0.4, 0.5) is 0 Å². The molecule has 1 N–H and O–H groups in total. The van der Waals surface area contributed by atoms with Gasteiger partial charge in [-0.1, -0.05) is 0 Å². The molecule has 1 amide bonds. The normalized spacial score (nSPS) is 7.67. The average molecular weight is 133 g/mol. The van der Waals surface area contributed by atoms with Crippen LogP contribution in [0.15, 0.2) is 0 Å². The lowest BCUT2D eigenvalue weighted by Gasteiger charge is -1.94. The molecule has 0 aliphatic carbocycles. The zero-order valence-corrected chi connectivity index (χ0v) is 6.47. The molecule has 9 heavy (non-hydrogen) atoms. The van der Waals surface area contributed by atoms with Gasteiger partial charge in [-0.3, -0.25) is 4.79 Å². The minimum atomic E-state index is 0.384. The fraction of sp³-hybridized carbons (Fsp3) is 0.833. The molecule has 0 aromatic heterocycles. The summed E-state index contributed by atoms with van der Waals surface area (Å²) >= 11 is 0. The summed E-state index contributed by atoms with van der Waals surface area (Å²) < 4.78 is 4.75. The molecule has 0 saturated carbocycles. The van der Waals surface area contributed by atoms with Crippen LogP contribution in [0.2, 0.25) is 0 Å². The van der Waals surface area contributed by atoms with Gasteiger partial charge in [0, 0.05) is 14.2 Å². The maximum atomic E-state index is 9.06. The Hall–Kier alpha value is -0.570. The predicted octanol–water partition coefficient (Wildman–Crippen LogP) is 0.403. The van der Waals surface area contributed by atoms with Gasteiger partial charge in [0.25, 0.3) is 0 Å².